The maximum absolute atomic E-state index is 12.4. The molecule has 1 aliphatic rings. The maximum Gasteiger partial charge on any atom is 0.266 e. The molecule has 1 saturated heterocycles. The lowest BCUT2D eigenvalue weighted by Crippen LogP contribution is -2.32. The fourth-order valence-corrected chi connectivity index (χ4v) is 4.15. The second-order valence-electron chi connectivity index (χ2n) is 5.33. The third-order valence-corrected chi connectivity index (χ3v) is 5.77. The van der Waals surface area contributed by atoms with E-state index < -0.39 is 21.8 Å². The lowest BCUT2D eigenvalue weighted by Gasteiger charge is -2.12. The molecule has 0 atom stereocenters. The smallest absolute Gasteiger partial charge is 0.266 e. The van der Waals surface area contributed by atoms with Crippen LogP contribution in [0.3, 0.4) is 0 Å². The summed E-state index contributed by atoms with van der Waals surface area (Å²) < 4.78 is 36.5. The van der Waals surface area contributed by atoms with Crippen LogP contribution in [0.25, 0.3) is 17.4 Å². The Kier molecular flexibility index (Phi) is 5.54. The van der Waals surface area contributed by atoms with E-state index in [-0.39, 0.29) is 10.9 Å². The average molecular weight is 430 g/mol. The van der Waals surface area contributed by atoms with Crippen LogP contribution in [0.1, 0.15) is 5.76 Å². The van der Waals surface area contributed by atoms with Crippen LogP contribution in [0.5, 0.6) is 0 Å². The molecule has 1 fully saturated rings. The van der Waals surface area contributed by atoms with Gasteiger partial charge >= 0.3 is 0 Å². The first kappa shape index (κ1) is 19.1. The van der Waals surface area contributed by atoms with Crippen molar-refractivity contribution in [2.24, 2.45) is 0 Å². The van der Waals surface area contributed by atoms with Gasteiger partial charge in [0.25, 0.3) is 16.0 Å². The number of hydrogen-bond donors (Lipinski definition) is 1. The molecule has 0 saturated carbocycles. The van der Waals surface area contributed by atoms with Gasteiger partial charge in [0.2, 0.25) is 0 Å². The van der Waals surface area contributed by atoms with E-state index in [1.807, 2.05) is 6.07 Å². The van der Waals surface area contributed by atoms with Crippen molar-refractivity contribution in [3.05, 3.63) is 52.1 Å². The third-order valence-electron chi connectivity index (χ3n) is 3.46. The normalized spacial score (nSPS) is 16.7. The Morgan fingerprint density at radius 2 is 2.08 bits per heavy atom. The first-order valence-corrected chi connectivity index (χ1v) is 10.5. The van der Waals surface area contributed by atoms with Crippen LogP contribution >= 0.6 is 35.6 Å². The number of thiocarbonyl (C=S) groups is 1. The van der Waals surface area contributed by atoms with Crippen LogP contribution < -0.4 is 0 Å². The number of furan rings is 1. The van der Waals surface area contributed by atoms with Crippen molar-refractivity contribution >= 4 is 62.0 Å². The second-order valence-corrected chi connectivity index (χ2v) is 9.02. The Balaban J connectivity index is 1.78. The first-order chi connectivity index (χ1) is 12.2. The van der Waals surface area contributed by atoms with Gasteiger partial charge < -0.3 is 4.42 Å². The fourth-order valence-electron chi connectivity index (χ4n) is 2.26. The SMILES string of the molecule is O=C1C(=Cc2ccc(-c3cccc(Cl)c3)o2)SC(=S)N1CCS(=O)(=O)O. The molecule has 0 spiro atoms. The highest BCUT2D eigenvalue weighted by Crippen LogP contribution is 2.33. The van der Waals surface area contributed by atoms with Gasteiger partial charge in [-0.25, -0.2) is 0 Å². The largest absolute Gasteiger partial charge is 0.457 e. The zero-order chi connectivity index (χ0) is 18.9. The van der Waals surface area contributed by atoms with Crippen molar-refractivity contribution in [1.82, 2.24) is 4.90 Å². The number of halogens is 1. The summed E-state index contributed by atoms with van der Waals surface area (Å²) in [6.07, 6.45) is 1.54. The topological polar surface area (TPSA) is 87.8 Å². The molecule has 136 valence electrons. The predicted octanol–water partition coefficient (Wildman–Crippen LogP) is 3.69. The van der Waals surface area contributed by atoms with E-state index >= 15 is 0 Å². The van der Waals surface area contributed by atoms with Gasteiger partial charge in [0.1, 0.15) is 15.8 Å². The van der Waals surface area contributed by atoms with Crippen molar-refractivity contribution in [3.8, 4) is 11.3 Å². The van der Waals surface area contributed by atoms with E-state index in [2.05, 4.69) is 0 Å². The lowest BCUT2D eigenvalue weighted by atomic mass is 10.2. The number of benzene rings is 1. The third kappa shape index (κ3) is 4.54. The monoisotopic (exact) mass is 429 g/mol. The number of thioether (sulfide) groups is 1. The minimum atomic E-state index is -4.18. The highest BCUT2D eigenvalue weighted by Gasteiger charge is 2.32. The molecule has 1 aliphatic heterocycles. The molecular weight excluding hydrogens is 418 g/mol. The van der Waals surface area contributed by atoms with Gasteiger partial charge in [0.05, 0.1) is 10.7 Å². The van der Waals surface area contributed by atoms with Crippen molar-refractivity contribution < 1.29 is 22.2 Å². The van der Waals surface area contributed by atoms with E-state index in [9.17, 15) is 13.2 Å². The summed E-state index contributed by atoms with van der Waals surface area (Å²) in [7, 11) is -4.18. The predicted molar refractivity (Wildman–Crippen MR) is 105 cm³/mol. The molecule has 2 heterocycles. The van der Waals surface area contributed by atoms with E-state index in [1.54, 1.807) is 36.4 Å². The van der Waals surface area contributed by atoms with E-state index in [0.717, 1.165) is 22.2 Å². The molecule has 1 N–H and O–H groups in total. The van der Waals surface area contributed by atoms with Gasteiger partial charge in [-0.3, -0.25) is 14.2 Å². The Labute approximate surface area is 164 Å². The molecule has 1 amide bonds. The molecule has 0 bridgehead atoms. The zero-order valence-electron chi connectivity index (χ0n) is 13.1. The zero-order valence-corrected chi connectivity index (χ0v) is 16.3. The van der Waals surface area contributed by atoms with Crippen LogP contribution in [-0.4, -0.2) is 40.4 Å². The van der Waals surface area contributed by atoms with Gasteiger partial charge in [0.15, 0.2) is 0 Å². The Bertz CT molecular complexity index is 1010. The summed E-state index contributed by atoms with van der Waals surface area (Å²) >= 11 is 12.1. The van der Waals surface area contributed by atoms with Gasteiger partial charge in [-0.15, -0.1) is 0 Å². The number of amides is 1. The fraction of sp³-hybridized carbons (Fsp3) is 0.125. The van der Waals surface area contributed by atoms with Crippen molar-refractivity contribution in [2.45, 2.75) is 0 Å². The molecule has 3 rings (SSSR count). The second kappa shape index (κ2) is 7.53. The number of carbonyl (C=O) groups is 1. The number of carbonyl (C=O) groups excluding carboxylic acids is 1. The maximum atomic E-state index is 12.4. The van der Waals surface area contributed by atoms with Gasteiger partial charge in [0, 0.05) is 23.2 Å². The molecule has 0 radical (unpaired) electrons. The molecule has 2 aromatic rings. The van der Waals surface area contributed by atoms with Crippen molar-refractivity contribution in [1.29, 1.82) is 0 Å². The standard InChI is InChI=1S/C16H12ClNO5S3/c17-11-3-1-2-10(8-11)13-5-4-12(23-13)9-14-15(19)18(16(24)25-14)6-7-26(20,21)22/h1-5,8-9H,6-7H2,(H,20,21,22). The summed E-state index contributed by atoms with van der Waals surface area (Å²) in [4.78, 5) is 13.8. The average Bonchev–Trinajstić information content (AvgIpc) is 3.11. The molecule has 0 aliphatic carbocycles. The van der Waals surface area contributed by atoms with Crippen LogP contribution in [0, 0.1) is 0 Å². The summed E-state index contributed by atoms with van der Waals surface area (Å²) in [5.74, 6) is 0.0482. The Hall–Kier alpha value is -1.65. The number of hydrogen-bond acceptors (Lipinski definition) is 6. The first-order valence-electron chi connectivity index (χ1n) is 7.29. The molecule has 1 aromatic carbocycles. The number of rotatable bonds is 5. The van der Waals surface area contributed by atoms with Crippen molar-refractivity contribution in [3.63, 3.8) is 0 Å². The van der Waals surface area contributed by atoms with Crippen LogP contribution in [0.4, 0.5) is 0 Å². The highest BCUT2D eigenvalue weighted by molar-refractivity contribution is 8.26. The van der Waals surface area contributed by atoms with Crippen LogP contribution in [-0.2, 0) is 14.9 Å². The van der Waals surface area contributed by atoms with E-state index in [4.69, 9.17) is 32.8 Å². The minimum Gasteiger partial charge on any atom is -0.457 e. The molecule has 26 heavy (non-hydrogen) atoms. The number of nitrogens with zero attached hydrogens (tertiary/aromatic N) is 1. The molecule has 1 aromatic heterocycles. The summed E-state index contributed by atoms with van der Waals surface area (Å²) in [5.41, 5.74) is 0.804. The van der Waals surface area contributed by atoms with Crippen LogP contribution in [0.15, 0.2) is 45.7 Å². The van der Waals surface area contributed by atoms with Gasteiger partial charge in [-0.1, -0.05) is 47.7 Å². The van der Waals surface area contributed by atoms with Crippen LogP contribution in [0.2, 0.25) is 5.02 Å². The lowest BCUT2D eigenvalue weighted by molar-refractivity contribution is -0.121. The van der Waals surface area contributed by atoms with Crippen molar-refractivity contribution in [2.75, 3.05) is 12.3 Å². The highest BCUT2D eigenvalue weighted by atomic mass is 35.5. The van der Waals surface area contributed by atoms with E-state index in [0.29, 0.717) is 21.4 Å². The molecule has 6 nitrogen and oxygen atoms in total. The summed E-state index contributed by atoms with van der Waals surface area (Å²) in [5, 5.41) is 0.583. The summed E-state index contributed by atoms with van der Waals surface area (Å²) in [6.45, 7) is -0.202. The minimum absolute atomic E-state index is 0.202. The molecule has 10 heteroatoms. The summed E-state index contributed by atoms with van der Waals surface area (Å²) in [6, 6.07) is 10.6. The molecular formula is C16H12ClNO5S3. The molecule has 0 unspecified atom stereocenters. The quantitative estimate of drug-likeness (QED) is 0.440. The van der Waals surface area contributed by atoms with E-state index in [1.165, 1.54) is 0 Å². The Morgan fingerprint density at radius 1 is 1.31 bits per heavy atom. The van der Waals surface area contributed by atoms with Gasteiger partial charge in [-0.05, 0) is 24.3 Å². The van der Waals surface area contributed by atoms with Gasteiger partial charge in [-0.2, -0.15) is 8.42 Å². The Morgan fingerprint density at radius 3 is 2.77 bits per heavy atom.